The molecule has 6 nitrogen and oxygen atoms in total. The van der Waals surface area contributed by atoms with Crippen LogP contribution in [0, 0.1) is 5.92 Å². The zero-order valence-corrected chi connectivity index (χ0v) is 15.7. The van der Waals surface area contributed by atoms with Crippen molar-refractivity contribution in [3.05, 3.63) is 53.5 Å². The molecule has 0 saturated carbocycles. The van der Waals surface area contributed by atoms with Gasteiger partial charge >= 0.3 is 0 Å². The van der Waals surface area contributed by atoms with Crippen molar-refractivity contribution in [2.45, 2.75) is 13.0 Å². The van der Waals surface area contributed by atoms with Crippen LogP contribution in [0.4, 0.5) is 5.69 Å². The van der Waals surface area contributed by atoms with Gasteiger partial charge in [0.2, 0.25) is 11.8 Å². The second kappa shape index (κ2) is 7.36. The van der Waals surface area contributed by atoms with Gasteiger partial charge < -0.3 is 15.0 Å². The number of carbonyl (C=O) groups is 2. The van der Waals surface area contributed by atoms with E-state index in [-0.39, 0.29) is 24.2 Å². The number of carbonyl (C=O) groups excluding carboxylic acids is 2. The van der Waals surface area contributed by atoms with Crippen LogP contribution in [-0.2, 0) is 16.1 Å². The van der Waals surface area contributed by atoms with Crippen molar-refractivity contribution in [2.24, 2.45) is 5.92 Å². The summed E-state index contributed by atoms with van der Waals surface area (Å²) in [6.07, 6.45) is 0.203. The van der Waals surface area contributed by atoms with Crippen LogP contribution < -0.4 is 15.0 Å². The standard InChI is InChI=1S/C20H19N3O3S/c1-26-17-8-3-2-7-16(17)23-11-14(9-18(23)24)20(25)21-10-13-5-4-6-15-19(13)27-12-22-15/h2-8,12,14H,9-11H2,1H3,(H,21,25). The summed E-state index contributed by atoms with van der Waals surface area (Å²) in [6, 6.07) is 13.2. The van der Waals surface area contributed by atoms with Crippen LogP contribution in [0.25, 0.3) is 10.2 Å². The molecule has 1 aliphatic heterocycles. The lowest BCUT2D eigenvalue weighted by Crippen LogP contribution is -2.32. The summed E-state index contributed by atoms with van der Waals surface area (Å²) in [5.74, 6) is 0.0818. The maximum absolute atomic E-state index is 12.6. The van der Waals surface area contributed by atoms with Crippen molar-refractivity contribution < 1.29 is 14.3 Å². The number of benzene rings is 2. The fraction of sp³-hybridized carbons (Fsp3) is 0.250. The molecule has 0 spiro atoms. The van der Waals surface area contributed by atoms with Gasteiger partial charge in [0.15, 0.2) is 0 Å². The van der Waals surface area contributed by atoms with Crippen molar-refractivity contribution in [1.29, 1.82) is 0 Å². The average Bonchev–Trinajstić information content (AvgIpc) is 3.32. The molecule has 2 amide bonds. The lowest BCUT2D eigenvalue weighted by atomic mass is 10.1. The molecule has 138 valence electrons. The number of amides is 2. The van der Waals surface area contributed by atoms with Crippen LogP contribution in [0.3, 0.4) is 0 Å². The molecule has 0 aliphatic carbocycles. The molecular formula is C20H19N3O3S. The molecule has 1 saturated heterocycles. The molecule has 2 aromatic carbocycles. The first-order chi connectivity index (χ1) is 13.2. The number of thiazole rings is 1. The number of para-hydroxylation sites is 2. The van der Waals surface area contributed by atoms with Gasteiger partial charge in [-0.3, -0.25) is 9.59 Å². The molecule has 1 N–H and O–H groups in total. The number of hydrogen-bond donors (Lipinski definition) is 1. The van der Waals surface area contributed by atoms with Gasteiger partial charge in [-0.25, -0.2) is 4.98 Å². The van der Waals surface area contributed by atoms with Crippen LogP contribution >= 0.6 is 11.3 Å². The Labute approximate surface area is 160 Å². The highest BCUT2D eigenvalue weighted by atomic mass is 32.1. The monoisotopic (exact) mass is 381 g/mol. The van der Waals surface area contributed by atoms with Gasteiger partial charge in [-0.2, -0.15) is 0 Å². The van der Waals surface area contributed by atoms with Crippen LogP contribution in [0.15, 0.2) is 48.0 Å². The fourth-order valence-electron chi connectivity index (χ4n) is 3.38. The van der Waals surface area contributed by atoms with Gasteiger partial charge in [-0.15, -0.1) is 11.3 Å². The molecule has 4 rings (SSSR count). The van der Waals surface area contributed by atoms with Crippen LogP contribution in [0.5, 0.6) is 5.75 Å². The third-order valence-corrected chi connectivity index (χ3v) is 5.68. The SMILES string of the molecule is COc1ccccc1N1CC(C(=O)NCc2cccc3ncsc23)CC1=O. The van der Waals surface area contributed by atoms with Crippen molar-refractivity contribution in [3.8, 4) is 5.75 Å². The van der Waals surface area contributed by atoms with Gasteiger partial charge in [0, 0.05) is 19.5 Å². The highest BCUT2D eigenvalue weighted by molar-refractivity contribution is 7.16. The summed E-state index contributed by atoms with van der Waals surface area (Å²) in [7, 11) is 1.57. The van der Waals surface area contributed by atoms with Crippen molar-refractivity contribution in [2.75, 3.05) is 18.6 Å². The minimum atomic E-state index is -0.372. The first-order valence-electron chi connectivity index (χ1n) is 8.69. The predicted octanol–water partition coefficient (Wildman–Crippen LogP) is 2.97. The first-order valence-corrected chi connectivity index (χ1v) is 9.57. The van der Waals surface area contributed by atoms with Crippen molar-refractivity contribution in [1.82, 2.24) is 10.3 Å². The number of rotatable bonds is 5. The summed E-state index contributed by atoms with van der Waals surface area (Å²) >= 11 is 1.56. The van der Waals surface area contributed by atoms with E-state index in [1.165, 1.54) is 0 Å². The highest BCUT2D eigenvalue weighted by Crippen LogP contribution is 2.32. The van der Waals surface area contributed by atoms with Gasteiger partial charge in [0.05, 0.1) is 34.4 Å². The van der Waals surface area contributed by atoms with Gasteiger partial charge in [0.1, 0.15) is 5.75 Å². The minimum Gasteiger partial charge on any atom is -0.495 e. The number of nitrogens with one attached hydrogen (secondary N) is 1. The normalized spacial score (nSPS) is 16.7. The second-order valence-electron chi connectivity index (χ2n) is 6.41. The third-order valence-electron chi connectivity index (χ3n) is 4.76. The molecule has 0 radical (unpaired) electrons. The van der Waals surface area contributed by atoms with Gasteiger partial charge in [-0.05, 0) is 23.8 Å². The molecule has 2 heterocycles. The molecule has 7 heteroatoms. The maximum atomic E-state index is 12.6. The molecule has 27 heavy (non-hydrogen) atoms. The molecular weight excluding hydrogens is 362 g/mol. The molecule has 1 aromatic heterocycles. The quantitative estimate of drug-likeness (QED) is 0.738. The zero-order valence-electron chi connectivity index (χ0n) is 14.8. The second-order valence-corrected chi connectivity index (χ2v) is 7.27. The Hall–Kier alpha value is -2.93. The fourth-order valence-corrected chi connectivity index (χ4v) is 4.18. The van der Waals surface area contributed by atoms with E-state index >= 15 is 0 Å². The van der Waals surface area contributed by atoms with E-state index in [1.54, 1.807) is 28.9 Å². The van der Waals surface area contributed by atoms with E-state index in [1.807, 2.05) is 42.5 Å². The van der Waals surface area contributed by atoms with Crippen molar-refractivity contribution >= 4 is 39.1 Å². The number of hydrogen-bond acceptors (Lipinski definition) is 5. The van der Waals surface area contributed by atoms with E-state index in [0.29, 0.717) is 24.5 Å². The van der Waals surface area contributed by atoms with Crippen molar-refractivity contribution in [3.63, 3.8) is 0 Å². The Kier molecular flexibility index (Phi) is 4.77. The van der Waals surface area contributed by atoms with Gasteiger partial charge in [-0.1, -0.05) is 24.3 Å². The predicted molar refractivity (Wildman–Crippen MR) is 105 cm³/mol. The highest BCUT2D eigenvalue weighted by Gasteiger charge is 2.36. The molecule has 1 fully saturated rings. The Morgan fingerprint density at radius 2 is 2.15 bits per heavy atom. The number of fused-ring (bicyclic) bond motifs is 1. The van der Waals surface area contributed by atoms with E-state index in [2.05, 4.69) is 10.3 Å². The van der Waals surface area contributed by atoms with E-state index in [4.69, 9.17) is 4.74 Å². The van der Waals surface area contributed by atoms with Crippen LogP contribution in [0.1, 0.15) is 12.0 Å². The molecule has 1 aliphatic rings. The number of nitrogens with zero attached hydrogens (tertiary/aromatic N) is 2. The Morgan fingerprint density at radius 3 is 3.00 bits per heavy atom. The summed E-state index contributed by atoms with van der Waals surface area (Å²) in [5, 5.41) is 2.97. The Balaban J connectivity index is 1.44. The van der Waals surface area contributed by atoms with E-state index in [9.17, 15) is 9.59 Å². The van der Waals surface area contributed by atoms with Gasteiger partial charge in [0.25, 0.3) is 0 Å². The lowest BCUT2D eigenvalue weighted by Gasteiger charge is -2.19. The lowest BCUT2D eigenvalue weighted by molar-refractivity contribution is -0.126. The summed E-state index contributed by atoms with van der Waals surface area (Å²) in [6.45, 7) is 0.785. The van der Waals surface area contributed by atoms with Crippen LogP contribution in [-0.4, -0.2) is 30.5 Å². The van der Waals surface area contributed by atoms with E-state index in [0.717, 1.165) is 15.8 Å². The maximum Gasteiger partial charge on any atom is 0.227 e. The Bertz CT molecular complexity index is 1000. The average molecular weight is 381 g/mol. The zero-order chi connectivity index (χ0) is 18.8. The van der Waals surface area contributed by atoms with E-state index < -0.39 is 0 Å². The summed E-state index contributed by atoms with van der Waals surface area (Å²) in [4.78, 5) is 31.0. The number of methoxy groups -OCH3 is 1. The largest absolute Gasteiger partial charge is 0.495 e. The number of ether oxygens (including phenoxy) is 1. The number of anilines is 1. The third kappa shape index (κ3) is 3.38. The minimum absolute atomic E-state index is 0.0655. The molecule has 1 unspecified atom stereocenters. The topological polar surface area (TPSA) is 71.5 Å². The Morgan fingerprint density at radius 1 is 1.30 bits per heavy atom. The van der Waals surface area contributed by atoms with Crippen LogP contribution in [0.2, 0.25) is 0 Å². The summed E-state index contributed by atoms with van der Waals surface area (Å²) in [5.41, 5.74) is 4.48. The first kappa shape index (κ1) is 17.5. The molecule has 3 aromatic rings. The molecule has 0 bridgehead atoms. The molecule has 1 atom stereocenters. The number of aromatic nitrogens is 1. The summed E-state index contributed by atoms with van der Waals surface area (Å²) < 4.78 is 6.42. The smallest absolute Gasteiger partial charge is 0.227 e.